The second kappa shape index (κ2) is 11.3. The van der Waals surface area contributed by atoms with Crippen LogP contribution in [0.2, 0.25) is 0 Å². The molecule has 0 atom stereocenters. The Morgan fingerprint density at radius 3 is 0.964 bits per heavy atom. The van der Waals surface area contributed by atoms with Crippen molar-refractivity contribution in [2.45, 2.75) is 0 Å². The van der Waals surface area contributed by atoms with Gasteiger partial charge < -0.3 is 0 Å². The van der Waals surface area contributed by atoms with Gasteiger partial charge in [0.1, 0.15) is 11.6 Å². The average molecular weight is 598 g/mol. The highest BCUT2D eigenvalue weighted by Gasteiger charge is 2.15. The highest BCUT2D eigenvalue weighted by atomic mass is 127. The minimum absolute atomic E-state index is 0.0287. The number of benzene rings is 4. The lowest BCUT2D eigenvalue weighted by Crippen LogP contribution is -3.61. The molecule has 0 aliphatic rings. The van der Waals surface area contributed by atoms with Gasteiger partial charge in [0, 0.05) is 0 Å². The predicted octanol–water partition coefficient (Wildman–Crippen LogP) is -0.0918. The smallest absolute Gasteiger partial charge is 0.207 e. The summed E-state index contributed by atoms with van der Waals surface area (Å²) in [6, 6.07) is 34.4. The molecule has 0 amide bonds. The van der Waals surface area contributed by atoms with E-state index in [4.69, 9.17) is 0 Å². The molecule has 0 fully saturated rings. The maximum Gasteiger partial charge on any atom is 0.357 e. The average Bonchev–Trinajstić information content (AvgIpc) is 2.73. The molecule has 0 radical (unpaired) electrons. The zero-order valence-electron chi connectivity index (χ0n) is 14.9. The molecule has 28 heavy (non-hydrogen) atoms. The minimum atomic E-state index is -0.330. The Kier molecular flexibility index (Phi) is 8.42. The lowest BCUT2D eigenvalue weighted by Gasteiger charge is -1.88. The van der Waals surface area contributed by atoms with Gasteiger partial charge in [-0.25, -0.2) is 8.78 Å². The van der Waals surface area contributed by atoms with E-state index in [1.807, 2.05) is 0 Å². The van der Waals surface area contributed by atoms with E-state index in [-0.39, 0.29) is 54.0 Å². The second-order valence-electron chi connectivity index (χ2n) is 5.65. The first-order valence-corrected chi connectivity index (χ1v) is 12.9. The highest BCUT2D eigenvalue weighted by molar-refractivity contribution is 5.05. The molecule has 0 aliphatic carbocycles. The van der Waals surface area contributed by atoms with Crippen LogP contribution in [0.25, 0.3) is 0 Å². The summed E-state index contributed by atoms with van der Waals surface area (Å²) in [5.41, 5.74) is 0. The molecule has 0 bridgehead atoms. The molecule has 4 aromatic rings. The monoisotopic (exact) mass is 598 g/mol. The molecule has 4 rings (SSSR count). The van der Waals surface area contributed by atoms with Crippen molar-refractivity contribution in [2.75, 3.05) is 0 Å². The van der Waals surface area contributed by atoms with Crippen LogP contribution in [0.5, 0.6) is 0 Å². The van der Waals surface area contributed by atoms with Gasteiger partial charge in [-0.05, 0) is 72.8 Å². The maximum absolute atomic E-state index is 12.6. The van der Waals surface area contributed by atoms with E-state index in [0.717, 1.165) is 7.14 Å². The number of rotatable bonds is 4. The standard InChI is InChI=1S/C12H8F2I.C12H10I/c13-9-1-5-11(6-2-9)15-12-7-3-10(14)4-8-12;1-3-7-11(8-4-1)13-12-9-5-2-6-10-12/h1-8H;1-10H/q2*+1. The largest absolute Gasteiger partial charge is 0.357 e. The third-order valence-electron chi connectivity index (χ3n) is 3.51. The van der Waals surface area contributed by atoms with Crippen molar-refractivity contribution in [3.8, 4) is 0 Å². The number of hydrogen-bond acceptors (Lipinski definition) is 0. The molecule has 0 nitrogen and oxygen atoms in total. The molecule has 0 aromatic heterocycles. The molecule has 0 saturated carbocycles. The Morgan fingerprint density at radius 2 is 0.643 bits per heavy atom. The fraction of sp³-hybridized carbons (Fsp3) is 0. The summed E-state index contributed by atoms with van der Waals surface area (Å²) < 4.78 is 30.5. The van der Waals surface area contributed by atoms with E-state index in [2.05, 4.69) is 60.7 Å². The lowest BCUT2D eigenvalue weighted by atomic mass is 10.4. The fourth-order valence-corrected chi connectivity index (χ4v) is 6.62. The summed E-state index contributed by atoms with van der Waals surface area (Å²) in [7, 11) is 0. The molecule has 0 saturated heterocycles. The van der Waals surface area contributed by atoms with Crippen LogP contribution in [0.3, 0.4) is 0 Å². The summed E-state index contributed by atoms with van der Waals surface area (Å²) in [6.45, 7) is 0. The van der Waals surface area contributed by atoms with Crippen LogP contribution >= 0.6 is 0 Å². The molecular weight excluding hydrogens is 580 g/mol. The van der Waals surface area contributed by atoms with Crippen LogP contribution in [-0.2, 0) is 0 Å². The first-order valence-electron chi connectivity index (χ1n) is 8.60. The predicted molar refractivity (Wildman–Crippen MR) is 100 cm³/mol. The minimum Gasteiger partial charge on any atom is -0.207 e. The van der Waals surface area contributed by atoms with Gasteiger partial charge in [0.2, 0.25) is 0 Å². The molecule has 4 heteroatoms. The van der Waals surface area contributed by atoms with Gasteiger partial charge in [-0.15, -0.1) is 0 Å². The van der Waals surface area contributed by atoms with E-state index in [0.29, 0.717) is 0 Å². The Balaban J connectivity index is 0.000000162. The van der Waals surface area contributed by atoms with Gasteiger partial charge in [-0.1, -0.05) is 36.4 Å². The first-order chi connectivity index (χ1) is 13.7. The molecule has 0 heterocycles. The van der Waals surface area contributed by atoms with E-state index in [1.165, 1.54) is 31.4 Å². The molecule has 0 N–H and O–H groups in total. The highest BCUT2D eigenvalue weighted by Crippen LogP contribution is 1.95. The molecule has 0 unspecified atom stereocenters. The van der Waals surface area contributed by atoms with Crippen molar-refractivity contribution in [2.24, 2.45) is 0 Å². The summed E-state index contributed by atoms with van der Waals surface area (Å²) >= 11 is -0.302. The summed E-state index contributed by atoms with van der Waals surface area (Å²) in [4.78, 5) is 0. The Hall–Kier alpha value is -1.80. The molecule has 0 aliphatic heterocycles. The zero-order chi connectivity index (χ0) is 19.6. The summed E-state index contributed by atoms with van der Waals surface area (Å²) in [5, 5.41) is 0. The van der Waals surface area contributed by atoms with Crippen LogP contribution in [0, 0.1) is 25.9 Å². The number of hydrogen-bond donors (Lipinski definition) is 0. The van der Waals surface area contributed by atoms with Crippen LogP contribution < -0.4 is 42.4 Å². The van der Waals surface area contributed by atoms with Gasteiger partial charge in [0.15, 0.2) is 14.3 Å². The topological polar surface area (TPSA) is 0 Å². The number of halogens is 4. The zero-order valence-corrected chi connectivity index (χ0v) is 19.2. The third-order valence-corrected chi connectivity index (χ3v) is 8.88. The molecule has 140 valence electrons. The van der Waals surface area contributed by atoms with Gasteiger partial charge in [0.25, 0.3) is 0 Å². The molecule has 4 aromatic carbocycles. The van der Waals surface area contributed by atoms with Crippen LogP contribution in [0.15, 0.2) is 109 Å². The fourth-order valence-electron chi connectivity index (χ4n) is 2.19. The molecule has 0 spiro atoms. The normalized spacial score (nSPS) is 10.1. The Morgan fingerprint density at radius 1 is 0.357 bits per heavy atom. The quantitative estimate of drug-likeness (QED) is 0.289. The Bertz CT molecular complexity index is 874. The van der Waals surface area contributed by atoms with Crippen molar-refractivity contribution in [3.05, 3.63) is 135 Å². The van der Waals surface area contributed by atoms with Crippen molar-refractivity contribution in [3.63, 3.8) is 0 Å². The maximum atomic E-state index is 12.6. The van der Waals surface area contributed by atoms with Crippen molar-refractivity contribution in [1.29, 1.82) is 0 Å². The lowest BCUT2D eigenvalue weighted by molar-refractivity contribution is -0.597. The van der Waals surface area contributed by atoms with Crippen molar-refractivity contribution in [1.82, 2.24) is 0 Å². The third kappa shape index (κ3) is 7.31. The van der Waals surface area contributed by atoms with E-state index < -0.39 is 0 Å². The SMILES string of the molecule is Fc1ccc([I+]c2ccc(F)cc2)cc1.c1ccc([I+]c2ccccc2)cc1. The summed E-state index contributed by atoms with van der Waals surface area (Å²) in [5.74, 6) is -0.441. The van der Waals surface area contributed by atoms with E-state index >= 15 is 0 Å². The van der Waals surface area contributed by atoms with Gasteiger partial charge in [0.05, 0.1) is 0 Å². The van der Waals surface area contributed by atoms with Crippen LogP contribution in [-0.4, -0.2) is 0 Å². The van der Waals surface area contributed by atoms with Gasteiger partial charge in [-0.2, -0.15) is 0 Å². The van der Waals surface area contributed by atoms with Crippen LogP contribution in [0.1, 0.15) is 0 Å². The first kappa shape index (κ1) is 20.9. The van der Waals surface area contributed by atoms with Crippen molar-refractivity contribution >= 4 is 0 Å². The van der Waals surface area contributed by atoms with Crippen molar-refractivity contribution < 1.29 is 51.2 Å². The Labute approximate surface area is 185 Å². The van der Waals surface area contributed by atoms with Crippen LogP contribution in [0.4, 0.5) is 8.78 Å². The second-order valence-corrected chi connectivity index (χ2v) is 11.7. The van der Waals surface area contributed by atoms with E-state index in [9.17, 15) is 8.78 Å². The summed E-state index contributed by atoms with van der Waals surface area (Å²) in [6.07, 6.45) is 0. The van der Waals surface area contributed by atoms with E-state index in [1.54, 1.807) is 24.3 Å². The van der Waals surface area contributed by atoms with Gasteiger partial charge >= 0.3 is 42.4 Å². The molecular formula is C24H18F2I2+2. The van der Waals surface area contributed by atoms with Gasteiger partial charge in [-0.3, -0.25) is 0 Å².